The summed E-state index contributed by atoms with van der Waals surface area (Å²) in [5, 5.41) is 0. The lowest BCUT2D eigenvalue weighted by Gasteiger charge is -2.18. The third-order valence-corrected chi connectivity index (χ3v) is 4.57. The molecule has 0 saturated heterocycles. The van der Waals surface area contributed by atoms with Crippen LogP contribution in [0.25, 0.3) is 0 Å². The maximum absolute atomic E-state index is 12.0. The lowest BCUT2D eigenvalue weighted by Crippen LogP contribution is -2.37. The molecule has 0 N–H and O–H groups in total. The summed E-state index contributed by atoms with van der Waals surface area (Å²) in [6, 6.07) is 7.84. The molecule has 0 heterocycles. The molecule has 94 valence electrons. The van der Waals surface area contributed by atoms with E-state index in [1.54, 1.807) is 18.2 Å². The Balaban J connectivity index is 3.00. The Morgan fingerprint density at radius 1 is 1.35 bits per heavy atom. The summed E-state index contributed by atoms with van der Waals surface area (Å²) >= 11 is 5.87. The van der Waals surface area contributed by atoms with E-state index in [0.717, 1.165) is 7.11 Å². The van der Waals surface area contributed by atoms with E-state index in [2.05, 4.69) is 4.74 Å². The lowest BCUT2D eigenvalue weighted by molar-refractivity contribution is -0.142. The molecule has 1 atom stereocenters. The predicted molar refractivity (Wildman–Crippen MR) is 64.8 cm³/mol. The van der Waals surface area contributed by atoms with Crippen LogP contribution in [0.15, 0.2) is 35.2 Å². The number of halogens is 1. The number of benzene rings is 1. The molecule has 0 amide bonds. The first-order chi connectivity index (χ1) is 7.79. The van der Waals surface area contributed by atoms with Crippen LogP contribution in [-0.2, 0) is 19.4 Å². The minimum absolute atomic E-state index is 0.135. The predicted octanol–water partition coefficient (Wildman–Crippen LogP) is 1.63. The molecular weight excluding hydrogens is 264 g/mol. The number of ether oxygens (including phenoxy) is 1. The Kier molecular flexibility index (Phi) is 4.16. The maximum atomic E-state index is 12.0. The van der Waals surface area contributed by atoms with Crippen LogP contribution in [0.1, 0.15) is 6.92 Å². The van der Waals surface area contributed by atoms with Gasteiger partial charge in [0.1, 0.15) is 0 Å². The van der Waals surface area contributed by atoms with Crippen molar-refractivity contribution in [3.05, 3.63) is 30.3 Å². The van der Waals surface area contributed by atoms with Crippen molar-refractivity contribution in [2.24, 2.45) is 0 Å². The topological polar surface area (TPSA) is 60.4 Å². The zero-order valence-electron chi connectivity index (χ0n) is 9.51. The molecular formula is C11H13ClO4S. The molecule has 1 aromatic carbocycles. The van der Waals surface area contributed by atoms with E-state index in [0.29, 0.717) is 0 Å². The molecule has 0 unspecified atom stereocenters. The highest BCUT2D eigenvalue weighted by Crippen LogP contribution is 2.23. The second-order valence-corrected chi connectivity index (χ2v) is 6.58. The first kappa shape index (κ1) is 14.0. The van der Waals surface area contributed by atoms with Gasteiger partial charge in [0.05, 0.1) is 17.8 Å². The van der Waals surface area contributed by atoms with Crippen LogP contribution in [0.2, 0.25) is 0 Å². The molecule has 1 aromatic rings. The molecule has 0 spiro atoms. The van der Waals surface area contributed by atoms with Crippen LogP contribution < -0.4 is 0 Å². The summed E-state index contributed by atoms with van der Waals surface area (Å²) < 4.78 is 28.4. The van der Waals surface area contributed by atoms with Crippen molar-refractivity contribution in [2.45, 2.75) is 16.7 Å². The summed E-state index contributed by atoms with van der Waals surface area (Å²) in [4.78, 5) is 9.88. The molecule has 1 rings (SSSR count). The van der Waals surface area contributed by atoms with Gasteiger partial charge >= 0.3 is 5.97 Å². The lowest BCUT2D eigenvalue weighted by atomic mass is 10.2. The average molecular weight is 277 g/mol. The van der Waals surface area contributed by atoms with E-state index in [-0.39, 0.29) is 4.90 Å². The van der Waals surface area contributed by atoms with Crippen molar-refractivity contribution in [3.63, 3.8) is 0 Å². The number of carbonyl (C=O) groups is 1. The highest BCUT2D eigenvalue weighted by atomic mass is 35.5. The van der Waals surface area contributed by atoms with E-state index in [1.165, 1.54) is 19.1 Å². The Morgan fingerprint density at radius 2 is 1.88 bits per heavy atom. The quantitative estimate of drug-likeness (QED) is 0.619. The van der Waals surface area contributed by atoms with Gasteiger partial charge in [0.15, 0.2) is 14.7 Å². The molecule has 0 radical (unpaired) electrons. The van der Waals surface area contributed by atoms with Crippen molar-refractivity contribution in [3.8, 4) is 0 Å². The molecule has 0 aliphatic heterocycles. The van der Waals surface area contributed by atoms with E-state index < -0.39 is 26.4 Å². The van der Waals surface area contributed by atoms with Crippen molar-refractivity contribution < 1.29 is 17.9 Å². The van der Waals surface area contributed by atoms with Crippen LogP contribution in [-0.4, -0.2) is 32.1 Å². The molecule has 0 aliphatic rings. The van der Waals surface area contributed by atoms with Gasteiger partial charge in [-0.3, -0.25) is 4.79 Å². The SMILES string of the molecule is COC(=O)[C@](C)(Cl)CS(=O)(=O)c1ccccc1. The standard InChI is InChI=1S/C11H13ClO4S/c1-11(12,10(13)16-2)8-17(14,15)9-6-4-3-5-7-9/h3-7H,8H2,1-2H3/t11-/m1/s1. The third kappa shape index (κ3) is 3.44. The summed E-state index contributed by atoms with van der Waals surface area (Å²) in [5.74, 6) is -1.27. The number of rotatable bonds is 4. The van der Waals surface area contributed by atoms with Crippen molar-refractivity contribution in [1.82, 2.24) is 0 Å². The van der Waals surface area contributed by atoms with Crippen LogP contribution in [0.3, 0.4) is 0 Å². The zero-order valence-corrected chi connectivity index (χ0v) is 11.1. The Hall–Kier alpha value is -1.07. The average Bonchev–Trinajstić information content (AvgIpc) is 2.27. The number of hydrogen-bond acceptors (Lipinski definition) is 4. The second kappa shape index (κ2) is 5.06. The number of methoxy groups -OCH3 is 1. The number of hydrogen-bond donors (Lipinski definition) is 0. The molecule has 6 heteroatoms. The van der Waals surface area contributed by atoms with Gasteiger partial charge in [-0.25, -0.2) is 8.42 Å². The van der Waals surface area contributed by atoms with Crippen LogP contribution in [0.5, 0.6) is 0 Å². The monoisotopic (exact) mass is 276 g/mol. The molecule has 0 fully saturated rings. The van der Waals surface area contributed by atoms with Crippen LogP contribution in [0, 0.1) is 0 Å². The number of sulfone groups is 1. The molecule has 0 bridgehead atoms. The normalized spacial score (nSPS) is 15.0. The first-order valence-electron chi connectivity index (χ1n) is 4.85. The summed E-state index contributed by atoms with van der Waals surface area (Å²) in [6.45, 7) is 1.32. The highest BCUT2D eigenvalue weighted by Gasteiger charge is 2.37. The fourth-order valence-corrected chi connectivity index (χ4v) is 3.42. The second-order valence-electron chi connectivity index (χ2n) is 3.76. The van der Waals surface area contributed by atoms with E-state index in [9.17, 15) is 13.2 Å². The number of alkyl halides is 1. The van der Waals surface area contributed by atoms with Gasteiger partial charge in [-0.15, -0.1) is 11.6 Å². The molecule has 4 nitrogen and oxygen atoms in total. The van der Waals surface area contributed by atoms with E-state index in [4.69, 9.17) is 11.6 Å². The highest BCUT2D eigenvalue weighted by molar-refractivity contribution is 7.91. The number of esters is 1. The van der Waals surface area contributed by atoms with Gasteiger partial charge in [-0.2, -0.15) is 0 Å². The zero-order chi connectivity index (χ0) is 13.1. The van der Waals surface area contributed by atoms with Crippen LogP contribution >= 0.6 is 11.6 Å². The molecule has 0 saturated carbocycles. The minimum atomic E-state index is -3.61. The number of carbonyl (C=O) groups excluding carboxylic acids is 1. The van der Waals surface area contributed by atoms with Crippen molar-refractivity contribution >= 4 is 27.4 Å². The molecule has 0 aliphatic carbocycles. The largest absolute Gasteiger partial charge is 0.468 e. The third-order valence-electron chi connectivity index (χ3n) is 2.17. The fourth-order valence-electron chi connectivity index (χ4n) is 1.34. The smallest absolute Gasteiger partial charge is 0.327 e. The van der Waals surface area contributed by atoms with Crippen molar-refractivity contribution in [2.75, 3.05) is 12.9 Å². The maximum Gasteiger partial charge on any atom is 0.327 e. The summed E-state index contributed by atoms with van der Waals surface area (Å²) in [7, 11) is -2.44. The van der Waals surface area contributed by atoms with Gasteiger partial charge in [-0.1, -0.05) is 18.2 Å². The summed E-state index contributed by atoms with van der Waals surface area (Å²) in [6.07, 6.45) is 0. The van der Waals surface area contributed by atoms with Gasteiger partial charge in [-0.05, 0) is 19.1 Å². The van der Waals surface area contributed by atoms with Crippen LogP contribution in [0.4, 0.5) is 0 Å². The van der Waals surface area contributed by atoms with Gasteiger partial charge in [0, 0.05) is 0 Å². The van der Waals surface area contributed by atoms with Gasteiger partial charge in [0.25, 0.3) is 0 Å². The van der Waals surface area contributed by atoms with Gasteiger partial charge in [0.2, 0.25) is 0 Å². The van der Waals surface area contributed by atoms with Gasteiger partial charge < -0.3 is 4.74 Å². The molecule has 17 heavy (non-hydrogen) atoms. The van der Waals surface area contributed by atoms with E-state index >= 15 is 0 Å². The Labute approximate surface area is 105 Å². The minimum Gasteiger partial charge on any atom is -0.468 e. The Bertz CT molecular complexity index is 493. The fraction of sp³-hybridized carbons (Fsp3) is 0.364. The first-order valence-corrected chi connectivity index (χ1v) is 6.88. The van der Waals surface area contributed by atoms with E-state index in [1.807, 2.05) is 0 Å². The summed E-state index contributed by atoms with van der Waals surface area (Å²) in [5.41, 5.74) is 0. The van der Waals surface area contributed by atoms with Crippen molar-refractivity contribution in [1.29, 1.82) is 0 Å². The Morgan fingerprint density at radius 3 is 2.35 bits per heavy atom. The molecule has 0 aromatic heterocycles.